The molecule has 0 radical (unpaired) electrons. The van der Waals surface area contributed by atoms with Crippen molar-refractivity contribution in [1.29, 1.82) is 0 Å². The first kappa shape index (κ1) is 29.8. The summed E-state index contributed by atoms with van der Waals surface area (Å²) in [5.41, 5.74) is 2.99. The van der Waals surface area contributed by atoms with Crippen LogP contribution in [0.15, 0.2) is 24.3 Å². The summed E-state index contributed by atoms with van der Waals surface area (Å²) in [5.74, 6) is 1.92. The number of nitrogens with zero attached hydrogens (tertiary/aromatic N) is 4. The molecule has 2 fully saturated rings. The van der Waals surface area contributed by atoms with E-state index in [1.165, 1.54) is 0 Å². The third-order valence-corrected chi connectivity index (χ3v) is 8.82. The number of rotatable bonds is 8. The second-order valence-electron chi connectivity index (χ2n) is 12.2. The van der Waals surface area contributed by atoms with Crippen LogP contribution in [0.5, 0.6) is 5.75 Å². The summed E-state index contributed by atoms with van der Waals surface area (Å²) in [6, 6.07) is 5.96. The Labute approximate surface area is 247 Å². The number of methoxy groups -OCH3 is 1. The van der Waals surface area contributed by atoms with Crippen LogP contribution >= 0.6 is 11.6 Å². The molecule has 222 valence electrons. The lowest BCUT2D eigenvalue weighted by molar-refractivity contribution is 0.00158. The van der Waals surface area contributed by atoms with Crippen molar-refractivity contribution >= 4 is 28.4 Å². The van der Waals surface area contributed by atoms with Crippen molar-refractivity contribution in [1.82, 2.24) is 19.8 Å². The molecule has 2 aliphatic heterocycles. The van der Waals surface area contributed by atoms with Crippen LogP contribution in [0.3, 0.4) is 0 Å². The zero-order valence-corrected chi connectivity index (χ0v) is 25.3. The number of morpholine rings is 1. The SMILES string of the molecule is COc1cc(C(=O)N2CCC(N3CCOCC3)CC2)ccc1Cc1nc2c(c(N[C@H](CO)C(C)(C)C)n1)C(Cl)=CC2. The second-order valence-corrected chi connectivity index (χ2v) is 12.6. The molecule has 10 heteroatoms. The Balaban J connectivity index is 1.31. The number of hydrogen-bond acceptors (Lipinski definition) is 8. The van der Waals surface area contributed by atoms with Gasteiger partial charge >= 0.3 is 0 Å². The lowest BCUT2D eigenvalue weighted by Crippen LogP contribution is -2.50. The summed E-state index contributed by atoms with van der Waals surface area (Å²) < 4.78 is 11.2. The predicted molar refractivity (Wildman–Crippen MR) is 161 cm³/mol. The fourth-order valence-corrected chi connectivity index (χ4v) is 6.16. The number of aliphatic hydroxyl groups excluding tert-OH is 1. The van der Waals surface area contributed by atoms with Crippen LogP contribution in [-0.4, -0.2) is 96.0 Å². The van der Waals surface area contributed by atoms with Crippen LogP contribution in [0.1, 0.15) is 66.6 Å². The van der Waals surface area contributed by atoms with E-state index in [2.05, 4.69) is 31.0 Å². The summed E-state index contributed by atoms with van der Waals surface area (Å²) in [7, 11) is 1.62. The van der Waals surface area contributed by atoms with Gasteiger partial charge in [0.2, 0.25) is 0 Å². The van der Waals surface area contributed by atoms with Crippen molar-refractivity contribution in [3.63, 3.8) is 0 Å². The van der Waals surface area contributed by atoms with Gasteiger partial charge in [-0.1, -0.05) is 44.5 Å². The largest absolute Gasteiger partial charge is 0.496 e. The van der Waals surface area contributed by atoms with E-state index in [0.717, 1.165) is 69.1 Å². The Morgan fingerprint density at radius 3 is 2.59 bits per heavy atom. The van der Waals surface area contributed by atoms with Crippen molar-refractivity contribution < 1.29 is 19.4 Å². The van der Waals surface area contributed by atoms with Crippen LogP contribution in [0.4, 0.5) is 5.82 Å². The van der Waals surface area contributed by atoms with Crippen LogP contribution in [0.2, 0.25) is 0 Å². The maximum absolute atomic E-state index is 13.4. The summed E-state index contributed by atoms with van der Waals surface area (Å²) in [5, 5.41) is 14.1. The highest BCUT2D eigenvalue weighted by Gasteiger charge is 2.30. The van der Waals surface area contributed by atoms with Crippen molar-refractivity contribution in [3.05, 3.63) is 52.5 Å². The van der Waals surface area contributed by atoms with Gasteiger partial charge in [0.1, 0.15) is 17.4 Å². The molecule has 0 bridgehead atoms. The van der Waals surface area contributed by atoms with Gasteiger partial charge in [-0.2, -0.15) is 0 Å². The highest BCUT2D eigenvalue weighted by Crippen LogP contribution is 2.36. The first-order valence-corrected chi connectivity index (χ1v) is 15.0. The lowest BCUT2D eigenvalue weighted by atomic mass is 9.87. The molecule has 3 aliphatic rings. The number of piperidine rings is 1. The number of halogens is 1. The van der Waals surface area contributed by atoms with Gasteiger partial charge < -0.3 is 24.8 Å². The fourth-order valence-electron chi connectivity index (χ4n) is 5.88. The predicted octanol–water partition coefficient (Wildman–Crippen LogP) is 3.97. The van der Waals surface area contributed by atoms with Gasteiger partial charge in [-0.25, -0.2) is 9.97 Å². The number of allylic oxidation sites excluding steroid dienone is 1. The van der Waals surface area contributed by atoms with Crippen molar-refractivity contribution in [2.45, 2.75) is 58.5 Å². The third-order valence-electron chi connectivity index (χ3n) is 8.48. The van der Waals surface area contributed by atoms with Gasteiger partial charge in [-0.3, -0.25) is 9.69 Å². The number of anilines is 1. The number of fused-ring (bicyclic) bond motifs is 1. The number of benzene rings is 1. The van der Waals surface area contributed by atoms with Gasteiger partial charge in [0, 0.05) is 61.2 Å². The standard InChI is InChI=1S/C31H42ClN5O4/c1-31(2,3)26(19-38)34-29-28-23(32)7-8-24(28)33-27(35-29)18-20-5-6-21(17-25(20)40-4)30(39)37-11-9-22(10-12-37)36-13-15-41-16-14-36/h5-7,17,22,26,38H,8-16,18-19H2,1-4H3,(H,33,34,35)/t26-/m1/s1. The number of likely N-dealkylation sites (tertiary alicyclic amines) is 1. The minimum atomic E-state index is -0.210. The van der Waals surface area contributed by atoms with Crippen LogP contribution < -0.4 is 10.1 Å². The average Bonchev–Trinajstić information content (AvgIpc) is 3.36. The van der Waals surface area contributed by atoms with Crippen LogP contribution in [-0.2, 0) is 17.6 Å². The van der Waals surface area contributed by atoms with Crippen molar-refractivity contribution in [2.75, 3.05) is 58.4 Å². The van der Waals surface area contributed by atoms with Gasteiger partial charge in [-0.15, -0.1) is 0 Å². The van der Waals surface area contributed by atoms with E-state index in [9.17, 15) is 9.90 Å². The summed E-state index contributed by atoms with van der Waals surface area (Å²) >= 11 is 6.52. The normalized spacial score (nSPS) is 19.1. The van der Waals surface area contributed by atoms with E-state index >= 15 is 0 Å². The molecule has 2 aromatic rings. The molecule has 2 N–H and O–H groups in total. The Hall–Kier alpha value is -2.72. The van der Waals surface area contributed by atoms with Crippen LogP contribution in [0, 0.1) is 5.41 Å². The van der Waals surface area contributed by atoms with Gasteiger partial charge in [0.25, 0.3) is 5.91 Å². The highest BCUT2D eigenvalue weighted by molar-refractivity contribution is 6.49. The average molecular weight is 584 g/mol. The first-order chi connectivity index (χ1) is 19.7. The fraction of sp³-hybridized carbons (Fsp3) is 0.581. The zero-order chi connectivity index (χ0) is 29.1. The van der Waals surface area contributed by atoms with Crippen molar-refractivity contribution in [3.8, 4) is 5.75 Å². The minimum absolute atomic E-state index is 0.0346. The number of aliphatic hydroxyl groups is 1. The molecule has 3 heterocycles. The summed E-state index contributed by atoms with van der Waals surface area (Å²) in [6.07, 6.45) is 4.97. The molecule has 1 amide bonds. The maximum Gasteiger partial charge on any atom is 0.253 e. The molecule has 1 aliphatic carbocycles. The van der Waals surface area contributed by atoms with E-state index in [0.29, 0.717) is 46.9 Å². The molecule has 2 saturated heterocycles. The number of aromatic nitrogens is 2. The molecular formula is C31H42ClN5O4. The van der Waals surface area contributed by atoms with E-state index < -0.39 is 0 Å². The molecule has 1 aromatic heterocycles. The molecule has 0 unspecified atom stereocenters. The Morgan fingerprint density at radius 1 is 1.20 bits per heavy atom. The molecular weight excluding hydrogens is 542 g/mol. The smallest absolute Gasteiger partial charge is 0.253 e. The van der Waals surface area contributed by atoms with Gasteiger partial charge in [-0.05, 0) is 30.4 Å². The Bertz CT molecular complexity index is 1280. The molecule has 9 nitrogen and oxygen atoms in total. The van der Waals surface area contributed by atoms with Crippen molar-refractivity contribution in [2.24, 2.45) is 5.41 Å². The van der Waals surface area contributed by atoms with Gasteiger partial charge in [0.05, 0.1) is 44.2 Å². The molecule has 1 aromatic carbocycles. The van der Waals surface area contributed by atoms with E-state index in [-0.39, 0.29) is 24.0 Å². The number of amides is 1. The topological polar surface area (TPSA) is 100 Å². The van der Waals surface area contributed by atoms with Gasteiger partial charge in [0.15, 0.2) is 0 Å². The number of carbonyl (C=O) groups excluding carboxylic acids is 1. The number of carbonyl (C=O) groups is 1. The zero-order valence-electron chi connectivity index (χ0n) is 24.6. The second kappa shape index (κ2) is 12.7. The quantitative estimate of drug-likeness (QED) is 0.482. The first-order valence-electron chi connectivity index (χ1n) is 14.6. The van der Waals surface area contributed by atoms with E-state index in [4.69, 9.17) is 31.0 Å². The molecule has 5 rings (SSSR count). The number of nitrogens with one attached hydrogen (secondary N) is 1. The lowest BCUT2D eigenvalue weighted by Gasteiger charge is -2.40. The molecule has 1 atom stereocenters. The van der Waals surface area contributed by atoms with Crippen LogP contribution in [0.25, 0.3) is 5.03 Å². The number of ether oxygens (including phenoxy) is 2. The molecule has 0 saturated carbocycles. The highest BCUT2D eigenvalue weighted by atomic mass is 35.5. The monoisotopic (exact) mass is 583 g/mol. The van der Waals surface area contributed by atoms with E-state index in [1.54, 1.807) is 7.11 Å². The Kier molecular flexibility index (Phi) is 9.18. The third kappa shape index (κ3) is 6.69. The maximum atomic E-state index is 13.4. The Morgan fingerprint density at radius 2 is 1.93 bits per heavy atom. The molecule has 0 spiro atoms. The number of hydrogen-bond donors (Lipinski definition) is 2. The minimum Gasteiger partial charge on any atom is -0.496 e. The molecule has 41 heavy (non-hydrogen) atoms. The van der Waals surface area contributed by atoms with E-state index in [1.807, 2.05) is 29.2 Å². The summed E-state index contributed by atoms with van der Waals surface area (Å²) in [4.78, 5) is 27.5. The summed E-state index contributed by atoms with van der Waals surface area (Å²) in [6.45, 7) is 11.2.